The lowest BCUT2D eigenvalue weighted by molar-refractivity contribution is -0.173. The number of rotatable bonds is 29. The Labute approximate surface area is 246 Å². The van der Waals surface area contributed by atoms with Crippen LogP contribution in [0.2, 0.25) is 0 Å². The number of esters is 2. The van der Waals surface area contributed by atoms with Crippen LogP contribution in [0.5, 0.6) is 0 Å². The number of hydrogen-bond donors (Lipinski definition) is 4. The third-order valence-electron chi connectivity index (χ3n) is 7.14. The van der Waals surface area contributed by atoms with Crippen molar-refractivity contribution in [1.82, 2.24) is 0 Å². The number of hydrogen-bond acceptors (Lipinski definition) is 8. The summed E-state index contributed by atoms with van der Waals surface area (Å²) in [5, 5.41) is 37.3. The number of ether oxygens (including phenoxy) is 2. The van der Waals surface area contributed by atoms with Crippen molar-refractivity contribution >= 4 is 23.9 Å². The van der Waals surface area contributed by atoms with Gasteiger partial charge in [-0.15, -0.1) is 0 Å². The molecule has 0 aromatic heterocycles. The third-order valence-corrected chi connectivity index (χ3v) is 7.14. The van der Waals surface area contributed by atoms with Crippen LogP contribution in [0.25, 0.3) is 0 Å². The topological polar surface area (TPSA) is 168 Å². The van der Waals surface area contributed by atoms with Crippen molar-refractivity contribution < 1.29 is 49.1 Å². The molecule has 10 heteroatoms. The molecule has 0 aliphatic heterocycles. The molecular formula is C31H56O10. The summed E-state index contributed by atoms with van der Waals surface area (Å²) in [7, 11) is 0. The summed E-state index contributed by atoms with van der Waals surface area (Å²) < 4.78 is 9.63. The van der Waals surface area contributed by atoms with Crippen molar-refractivity contribution in [3.63, 3.8) is 0 Å². The Hall–Kier alpha value is -2.20. The number of aliphatic carboxylic acids is 2. The van der Waals surface area contributed by atoms with Gasteiger partial charge in [0.25, 0.3) is 0 Å². The second-order valence-corrected chi connectivity index (χ2v) is 11.2. The molecule has 0 spiro atoms. The molecule has 0 saturated carbocycles. The van der Waals surface area contributed by atoms with E-state index in [2.05, 4.69) is 11.7 Å². The van der Waals surface area contributed by atoms with E-state index >= 15 is 0 Å². The number of carboxylic acid groups (broad SMARTS) is 2. The van der Waals surface area contributed by atoms with Crippen molar-refractivity contribution in [1.29, 1.82) is 0 Å². The Kier molecular flexibility index (Phi) is 24.1. The molecule has 41 heavy (non-hydrogen) atoms. The molecule has 0 aromatic rings. The van der Waals surface area contributed by atoms with Gasteiger partial charge in [0.05, 0.1) is 12.8 Å². The minimum atomic E-state index is -2.81. The highest BCUT2D eigenvalue weighted by molar-refractivity contribution is 5.88. The van der Waals surface area contributed by atoms with Crippen LogP contribution >= 0.6 is 0 Å². The molecule has 2 atom stereocenters. The average molecular weight is 589 g/mol. The van der Waals surface area contributed by atoms with E-state index in [1.54, 1.807) is 0 Å². The minimum Gasteiger partial charge on any atom is -0.481 e. The van der Waals surface area contributed by atoms with Crippen LogP contribution in [-0.2, 0) is 28.7 Å². The first-order valence-electron chi connectivity index (χ1n) is 15.8. The first kappa shape index (κ1) is 38.8. The third kappa shape index (κ3) is 24.1. The molecule has 0 heterocycles. The van der Waals surface area contributed by atoms with Crippen molar-refractivity contribution in [2.75, 3.05) is 13.2 Å². The molecule has 0 bridgehead atoms. The fraction of sp³-hybridized carbons (Fsp3) is 0.871. The minimum absolute atomic E-state index is 0.228. The van der Waals surface area contributed by atoms with E-state index in [0.29, 0.717) is 6.42 Å². The second-order valence-electron chi connectivity index (χ2n) is 11.2. The fourth-order valence-corrected chi connectivity index (χ4v) is 4.60. The maximum absolute atomic E-state index is 11.8. The molecule has 0 radical (unpaired) electrons. The first-order valence-corrected chi connectivity index (χ1v) is 15.8. The van der Waals surface area contributed by atoms with Crippen LogP contribution in [0, 0.1) is 0 Å². The number of unbranched alkanes of at least 4 members (excludes halogenated alkanes) is 18. The van der Waals surface area contributed by atoms with Crippen molar-refractivity contribution in [3.05, 3.63) is 0 Å². The highest BCUT2D eigenvalue weighted by atomic mass is 16.6. The lowest BCUT2D eigenvalue weighted by Crippen LogP contribution is -2.43. The summed E-state index contributed by atoms with van der Waals surface area (Å²) in [5.41, 5.74) is -2.81. The van der Waals surface area contributed by atoms with Crippen molar-refractivity contribution in [2.45, 2.75) is 160 Å². The van der Waals surface area contributed by atoms with E-state index in [4.69, 9.17) is 14.9 Å². The second kappa shape index (κ2) is 25.5. The predicted molar refractivity (Wildman–Crippen MR) is 155 cm³/mol. The van der Waals surface area contributed by atoms with Gasteiger partial charge in [-0.25, -0.2) is 4.79 Å². The molecule has 0 rings (SSSR count). The highest BCUT2D eigenvalue weighted by Crippen LogP contribution is 2.17. The summed E-state index contributed by atoms with van der Waals surface area (Å²) >= 11 is 0. The van der Waals surface area contributed by atoms with Gasteiger partial charge < -0.3 is 29.9 Å². The zero-order chi connectivity index (χ0) is 30.8. The Morgan fingerprint density at radius 2 is 0.951 bits per heavy atom. The molecular weight excluding hydrogens is 532 g/mol. The molecule has 0 saturated heterocycles. The molecule has 2 unspecified atom stereocenters. The molecule has 0 aliphatic rings. The van der Waals surface area contributed by atoms with Gasteiger partial charge in [-0.2, -0.15) is 0 Å². The quantitative estimate of drug-likeness (QED) is 0.0606. The molecule has 0 aliphatic carbocycles. The van der Waals surface area contributed by atoms with E-state index in [-0.39, 0.29) is 6.42 Å². The summed E-state index contributed by atoms with van der Waals surface area (Å²) in [6, 6.07) is 0. The molecule has 4 N–H and O–H groups in total. The fourth-order valence-electron chi connectivity index (χ4n) is 4.60. The maximum atomic E-state index is 11.8. The van der Waals surface area contributed by atoms with Gasteiger partial charge in [0.15, 0.2) is 5.60 Å². The summed E-state index contributed by atoms with van der Waals surface area (Å²) in [6.45, 7) is 1.27. The number of carboxylic acids is 2. The molecule has 0 fully saturated rings. The van der Waals surface area contributed by atoms with Crippen LogP contribution in [0.3, 0.4) is 0 Å². The average Bonchev–Trinajstić information content (AvgIpc) is 2.91. The number of aliphatic hydroxyl groups excluding tert-OH is 1. The lowest BCUT2D eigenvalue weighted by Gasteiger charge is -2.20. The smallest absolute Gasteiger partial charge is 0.336 e. The van der Waals surface area contributed by atoms with E-state index in [9.17, 15) is 29.4 Å². The summed E-state index contributed by atoms with van der Waals surface area (Å²) in [4.78, 5) is 45.3. The van der Waals surface area contributed by atoms with E-state index < -0.39 is 61.6 Å². The Balaban J connectivity index is 3.58. The zero-order valence-corrected chi connectivity index (χ0v) is 25.3. The lowest BCUT2D eigenvalue weighted by atomic mass is 9.96. The Bertz CT molecular complexity index is 711. The standard InChI is InChI=1S/C31H56O10/c1-2-3-4-5-6-7-8-9-10-11-12-13-14-15-16-17-18-19-20-21-28(35)40-24-26(32)25-41-29(36)23-31(39,30(37)38)22-27(33)34/h26,32,39H,2-25H2,1H3,(H,33,34)(H,37,38). The van der Waals surface area contributed by atoms with E-state index in [1.165, 1.54) is 96.3 Å². The van der Waals surface area contributed by atoms with Gasteiger partial charge in [0.1, 0.15) is 19.3 Å². The number of carbonyl (C=O) groups excluding carboxylic acids is 2. The highest BCUT2D eigenvalue weighted by Gasteiger charge is 2.41. The van der Waals surface area contributed by atoms with Gasteiger partial charge in [0.2, 0.25) is 0 Å². The first-order chi connectivity index (χ1) is 19.6. The SMILES string of the molecule is CCCCCCCCCCCCCCCCCCCCCC(=O)OCC(O)COC(=O)CC(O)(CC(=O)O)C(=O)O. The summed E-state index contributed by atoms with van der Waals surface area (Å²) in [6.07, 6.45) is 20.7. The van der Waals surface area contributed by atoms with Crippen LogP contribution < -0.4 is 0 Å². The zero-order valence-electron chi connectivity index (χ0n) is 25.3. The number of carbonyl (C=O) groups is 4. The van der Waals surface area contributed by atoms with Crippen LogP contribution in [0.15, 0.2) is 0 Å². The van der Waals surface area contributed by atoms with Crippen molar-refractivity contribution in [2.24, 2.45) is 0 Å². The monoisotopic (exact) mass is 588 g/mol. The van der Waals surface area contributed by atoms with E-state index in [0.717, 1.165) is 19.3 Å². The van der Waals surface area contributed by atoms with Gasteiger partial charge in [-0.05, 0) is 6.42 Å². The van der Waals surface area contributed by atoms with Crippen LogP contribution in [0.4, 0.5) is 0 Å². The molecule has 0 amide bonds. The van der Waals surface area contributed by atoms with Crippen LogP contribution in [0.1, 0.15) is 148 Å². The molecule has 0 aromatic carbocycles. The van der Waals surface area contributed by atoms with Gasteiger partial charge in [-0.1, -0.05) is 122 Å². The Morgan fingerprint density at radius 3 is 1.32 bits per heavy atom. The van der Waals surface area contributed by atoms with Gasteiger partial charge >= 0.3 is 23.9 Å². The maximum Gasteiger partial charge on any atom is 0.336 e. The molecule has 240 valence electrons. The molecule has 10 nitrogen and oxygen atoms in total. The van der Waals surface area contributed by atoms with Crippen molar-refractivity contribution in [3.8, 4) is 0 Å². The van der Waals surface area contributed by atoms with Gasteiger partial charge in [-0.3, -0.25) is 14.4 Å². The normalized spacial score (nSPS) is 13.3. The van der Waals surface area contributed by atoms with Crippen LogP contribution in [-0.4, -0.2) is 69.2 Å². The van der Waals surface area contributed by atoms with Gasteiger partial charge in [0, 0.05) is 6.42 Å². The Morgan fingerprint density at radius 1 is 0.585 bits per heavy atom. The predicted octanol–water partition coefficient (Wildman–Crippen LogP) is 5.94. The van der Waals surface area contributed by atoms with E-state index in [1.807, 2.05) is 0 Å². The summed E-state index contributed by atoms with van der Waals surface area (Å²) in [5.74, 6) is -5.14. The largest absolute Gasteiger partial charge is 0.481 e. The number of aliphatic hydroxyl groups is 2.